The molecule has 0 saturated heterocycles. The van der Waals surface area contributed by atoms with Crippen LogP contribution in [0.15, 0.2) is 21.8 Å². The number of rotatable bonds is 5. The molecule has 0 fully saturated rings. The Morgan fingerprint density at radius 2 is 2.26 bits per heavy atom. The molecule has 2 heterocycles. The molecule has 0 bridgehead atoms. The number of aromatic carboxylic acids is 1. The highest BCUT2D eigenvalue weighted by Crippen LogP contribution is 2.31. The van der Waals surface area contributed by atoms with Crippen LogP contribution in [0, 0.1) is 6.92 Å². The van der Waals surface area contributed by atoms with Gasteiger partial charge in [-0.05, 0) is 31.2 Å². The van der Waals surface area contributed by atoms with Crippen molar-refractivity contribution in [3.8, 4) is 0 Å². The Morgan fingerprint density at radius 3 is 2.89 bits per heavy atom. The van der Waals surface area contributed by atoms with Crippen molar-refractivity contribution in [2.75, 3.05) is 0 Å². The number of aromatic nitrogens is 3. The number of aryl methyl sites for hydroxylation is 2. The maximum absolute atomic E-state index is 11.0. The molecule has 0 spiro atoms. The van der Waals surface area contributed by atoms with E-state index in [-0.39, 0.29) is 4.88 Å². The molecule has 2 rings (SSSR count). The van der Waals surface area contributed by atoms with Crippen LogP contribution in [-0.4, -0.2) is 26.0 Å². The molecule has 7 heteroatoms. The van der Waals surface area contributed by atoms with Gasteiger partial charge in [-0.1, -0.05) is 24.7 Å². The Bertz CT molecular complexity index is 598. The SMILES string of the molecule is CCCc1cc(Sc2nc(C)c(C(=O)O)s2)ncn1. The fourth-order valence-corrected chi connectivity index (χ4v) is 3.50. The lowest BCUT2D eigenvalue weighted by Crippen LogP contribution is -1.94. The van der Waals surface area contributed by atoms with Crippen molar-refractivity contribution in [2.24, 2.45) is 0 Å². The first kappa shape index (κ1) is 14.0. The summed E-state index contributed by atoms with van der Waals surface area (Å²) in [6.07, 6.45) is 3.47. The average Bonchev–Trinajstić information content (AvgIpc) is 2.71. The van der Waals surface area contributed by atoms with Gasteiger partial charge in [0, 0.05) is 5.69 Å². The van der Waals surface area contributed by atoms with Crippen LogP contribution in [0.25, 0.3) is 0 Å². The predicted octanol–water partition coefficient (Wildman–Crippen LogP) is 3.04. The lowest BCUT2D eigenvalue weighted by atomic mass is 10.2. The quantitative estimate of drug-likeness (QED) is 0.854. The van der Waals surface area contributed by atoms with E-state index in [2.05, 4.69) is 21.9 Å². The van der Waals surface area contributed by atoms with Gasteiger partial charge in [-0.2, -0.15) is 0 Å². The largest absolute Gasteiger partial charge is 0.477 e. The summed E-state index contributed by atoms with van der Waals surface area (Å²) in [6.45, 7) is 3.80. The number of carboxylic acid groups (broad SMARTS) is 1. The zero-order valence-electron chi connectivity index (χ0n) is 10.6. The van der Waals surface area contributed by atoms with Gasteiger partial charge in [0.1, 0.15) is 16.2 Å². The number of carbonyl (C=O) groups is 1. The summed E-state index contributed by atoms with van der Waals surface area (Å²) in [7, 11) is 0. The molecule has 2 aromatic rings. The second-order valence-corrected chi connectivity index (χ2v) is 6.17. The van der Waals surface area contributed by atoms with E-state index in [1.54, 1.807) is 6.92 Å². The second-order valence-electron chi connectivity index (χ2n) is 3.90. The summed E-state index contributed by atoms with van der Waals surface area (Å²) < 4.78 is 0.691. The number of thiazole rings is 1. The van der Waals surface area contributed by atoms with Crippen molar-refractivity contribution in [3.63, 3.8) is 0 Å². The van der Waals surface area contributed by atoms with Crippen LogP contribution in [0.3, 0.4) is 0 Å². The average molecular weight is 295 g/mol. The molecule has 100 valence electrons. The van der Waals surface area contributed by atoms with Crippen LogP contribution in [0.5, 0.6) is 0 Å². The number of nitrogens with zero attached hydrogens (tertiary/aromatic N) is 3. The molecule has 1 N–H and O–H groups in total. The molecule has 19 heavy (non-hydrogen) atoms. The highest BCUT2D eigenvalue weighted by molar-refractivity contribution is 8.01. The molecule has 0 unspecified atom stereocenters. The lowest BCUT2D eigenvalue weighted by Gasteiger charge is -2.00. The van der Waals surface area contributed by atoms with Gasteiger partial charge in [0.15, 0.2) is 4.34 Å². The first-order chi connectivity index (χ1) is 9.10. The van der Waals surface area contributed by atoms with Crippen molar-refractivity contribution in [1.82, 2.24) is 15.0 Å². The Morgan fingerprint density at radius 1 is 1.47 bits per heavy atom. The van der Waals surface area contributed by atoms with Crippen LogP contribution >= 0.6 is 23.1 Å². The molecule has 0 amide bonds. The van der Waals surface area contributed by atoms with Gasteiger partial charge in [0.25, 0.3) is 0 Å². The van der Waals surface area contributed by atoms with E-state index < -0.39 is 5.97 Å². The summed E-state index contributed by atoms with van der Waals surface area (Å²) in [5.74, 6) is -0.934. The van der Waals surface area contributed by atoms with E-state index in [0.717, 1.165) is 23.6 Å². The first-order valence-corrected chi connectivity index (χ1v) is 7.43. The lowest BCUT2D eigenvalue weighted by molar-refractivity contribution is 0.0701. The topological polar surface area (TPSA) is 76.0 Å². The monoisotopic (exact) mass is 295 g/mol. The molecule has 0 aromatic carbocycles. The van der Waals surface area contributed by atoms with Gasteiger partial charge in [0.05, 0.1) is 5.69 Å². The maximum Gasteiger partial charge on any atom is 0.347 e. The molecular weight excluding hydrogens is 282 g/mol. The van der Waals surface area contributed by atoms with Gasteiger partial charge in [-0.15, -0.1) is 0 Å². The first-order valence-electron chi connectivity index (χ1n) is 5.79. The van der Waals surface area contributed by atoms with Gasteiger partial charge < -0.3 is 5.11 Å². The van der Waals surface area contributed by atoms with Crippen molar-refractivity contribution < 1.29 is 9.90 Å². The maximum atomic E-state index is 11.0. The van der Waals surface area contributed by atoms with E-state index in [1.807, 2.05) is 6.07 Å². The zero-order valence-corrected chi connectivity index (χ0v) is 12.2. The number of carboxylic acids is 1. The summed E-state index contributed by atoms with van der Waals surface area (Å²) in [6, 6.07) is 1.92. The molecule has 0 radical (unpaired) electrons. The van der Waals surface area contributed by atoms with Gasteiger partial charge in [-0.25, -0.2) is 19.7 Å². The molecule has 0 aliphatic carbocycles. The summed E-state index contributed by atoms with van der Waals surface area (Å²) in [5, 5.41) is 9.79. The van der Waals surface area contributed by atoms with Gasteiger partial charge in [0.2, 0.25) is 0 Å². The number of hydrogen-bond donors (Lipinski definition) is 1. The number of hydrogen-bond acceptors (Lipinski definition) is 6. The van der Waals surface area contributed by atoms with E-state index in [9.17, 15) is 4.79 Å². The fourth-order valence-electron chi connectivity index (χ4n) is 1.53. The molecule has 2 aromatic heterocycles. The fraction of sp³-hybridized carbons (Fsp3) is 0.333. The third-order valence-electron chi connectivity index (χ3n) is 2.37. The van der Waals surface area contributed by atoms with Crippen LogP contribution in [0.2, 0.25) is 0 Å². The molecule has 0 aliphatic rings. The third kappa shape index (κ3) is 3.51. The standard InChI is InChI=1S/C12H13N3O2S2/c1-3-4-8-5-9(14-6-13-8)18-12-15-7(2)10(19-12)11(16)17/h5-6H,3-4H2,1-2H3,(H,16,17). The molecule has 5 nitrogen and oxygen atoms in total. The molecule has 0 atom stereocenters. The molecule has 0 aliphatic heterocycles. The predicted molar refractivity (Wildman–Crippen MR) is 74.0 cm³/mol. The Kier molecular flexibility index (Phi) is 4.49. The zero-order chi connectivity index (χ0) is 13.8. The third-order valence-corrected chi connectivity index (χ3v) is 4.51. The Balaban J connectivity index is 2.19. The van der Waals surface area contributed by atoms with Crippen LogP contribution < -0.4 is 0 Å². The van der Waals surface area contributed by atoms with Crippen molar-refractivity contribution in [2.45, 2.75) is 36.1 Å². The van der Waals surface area contributed by atoms with Crippen LogP contribution in [0.1, 0.15) is 34.4 Å². The molecular formula is C12H13N3O2S2. The highest BCUT2D eigenvalue weighted by atomic mass is 32.2. The highest BCUT2D eigenvalue weighted by Gasteiger charge is 2.15. The minimum Gasteiger partial charge on any atom is -0.477 e. The summed E-state index contributed by atoms with van der Waals surface area (Å²) >= 11 is 2.55. The smallest absolute Gasteiger partial charge is 0.347 e. The second kappa shape index (κ2) is 6.12. The van der Waals surface area contributed by atoms with E-state index >= 15 is 0 Å². The van der Waals surface area contributed by atoms with Gasteiger partial charge >= 0.3 is 5.97 Å². The van der Waals surface area contributed by atoms with Crippen molar-refractivity contribution in [3.05, 3.63) is 28.7 Å². The van der Waals surface area contributed by atoms with Crippen molar-refractivity contribution in [1.29, 1.82) is 0 Å². The van der Waals surface area contributed by atoms with E-state index in [1.165, 1.54) is 29.4 Å². The normalized spacial score (nSPS) is 10.6. The Hall–Kier alpha value is -1.47. The summed E-state index contributed by atoms with van der Waals surface area (Å²) in [4.78, 5) is 23.8. The van der Waals surface area contributed by atoms with E-state index in [0.29, 0.717) is 10.0 Å². The van der Waals surface area contributed by atoms with E-state index in [4.69, 9.17) is 5.11 Å². The van der Waals surface area contributed by atoms with Crippen LogP contribution in [0.4, 0.5) is 0 Å². The van der Waals surface area contributed by atoms with Crippen LogP contribution in [-0.2, 0) is 6.42 Å². The minimum absolute atomic E-state index is 0.283. The minimum atomic E-state index is -0.934. The van der Waals surface area contributed by atoms with Crippen molar-refractivity contribution >= 4 is 29.1 Å². The summed E-state index contributed by atoms with van der Waals surface area (Å²) in [5.41, 5.74) is 1.54. The molecule has 0 saturated carbocycles. The Labute approximate surface area is 119 Å². The van der Waals surface area contributed by atoms with Gasteiger partial charge in [-0.3, -0.25) is 0 Å².